The minimum absolute atomic E-state index is 0.278. The summed E-state index contributed by atoms with van der Waals surface area (Å²) in [7, 11) is 1.82. The van der Waals surface area contributed by atoms with Crippen LogP contribution in [0.2, 0.25) is 0 Å². The van der Waals surface area contributed by atoms with Crippen molar-refractivity contribution in [3.8, 4) is 0 Å². The maximum absolute atomic E-state index is 10.5. The zero-order valence-electron chi connectivity index (χ0n) is 4.64. The summed E-state index contributed by atoms with van der Waals surface area (Å²) in [5.41, 5.74) is 0. The van der Waals surface area contributed by atoms with Crippen LogP contribution in [-0.2, 0) is 4.79 Å². The van der Waals surface area contributed by atoms with E-state index >= 15 is 0 Å². The molecule has 0 N–H and O–H groups in total. The summed E-state index contributed by atoms with van der Waals surface area (Å²) in [6.07, 6.45) is 0. The van der Waals surface area contributed by atoms with Gasteiger partial charge in [-0.1, -0.05) is 6.92 Å². The van der Waals surface area contributed by atoms with Gasteiger partial charge in [0, 0.05) is 13.6 Å². The van der Waals surface area contributed by atoms with Crippen LogP contribution in [0.15, 0.2) is 0 Å². The molecule has 7 heavy (non-hydrogen) atoms. The molecule has 0 bridgehead atoms. The lowest BCUT2D eigenvalue weighted by Crippen LogP contribution is -2.48. The Hall–Kier alpha value is -0.530. The number of hydrogen-bond acceptors (Lipinski definition) is 1. The van der Waals surface area contributed by atoms with E-state index in [1.807, 2.05) is 14.0 Å². The highest BCUT2D eigenvalue weighted by Gasteiger charge is 2.28. The van der Waals surface area contributed by atoms with Crippen molar-refractivity contribution < 1.29 is 4.79 Å². The normalized spacial score (nSPS) is 30.3. The van der Waals surface area contributed by atoms with Crippen LogP contribution in [0.5, 0.6) is 0 Å². The monoisotopic (exact) mass is 99.1 g/mol. The average molecular weight is 99.1 g/mol. The van der Waals surface area contributed by atoms with E-state index in [0.717, 1.165) is 6.54 Å². The molecule has 0 aromatic rings. The molecule has 0 aromatic carbocycles. The third-order valence-electron chi connectivity index (χ3n) is 1.35. The lowest BCUT2D eigenvalue weighted by atomic mass is 10.0. The van der Waals surface area contributed by atoms with E-state index in [0.29, 0.717) is 5.92 Å². The van der Waals surface area contributed by atoms with Gasteiger partial charge < -0.3 is 4.90 Å². The number of carbonyl (C=O) groups is 1. The molecule has 1 fully saturated rings. The molecule has 0 unspecified atom stereocenters. The first-order valence-electron chi connectivity index (χ1n) is 2.47. The molecule has 1 rings (SSSR count). The van der Waals surface area contributed by atoms with E-state index in [9.17, 15) is 4.79 Å². The molecule has 2 nitrogen and oxygen atoms in total. The van der Waals surface area contributed by atoms with Crippen LogP contribution in [0, 0.1) is 5.92 Å². The van der Waals surface area contributed by atoms with Gasteiger partial charge in [-0.25, -0.2) is 0 Å². The van der Waals surface area contributed by atoms with E-state index < -0.39 is 0 Å². The Morgan fingerprint density at radius 3 is 2.43 bits per heavy atom. The van der Waals surface area contributed by atoms with Gasteiger partial charge >= 0.3 is 0 Å². The van der Waals surface area contributed by atoms with Gasteiger partial charge in [-0.05, 0) is 0 Å². The number of amides is 1. The van der Waals surface area contributed by atoms with Crippen LogP contribution in [0.1, 0.15) is 6.92 Å². The molecule has 2 heteroatoms. The van der Waals surface area contributed by atoms with Gasteiger partial charge in [-0.2, -0.15) is 0 Å². The van der Waals surface area contributed by atoms with Gasteiger partial charge in [0.25, 0.3) is 0 Å². The SMILES string of the molecule is C[C@H]1CN(C)C1=O. The van der Waals surface area contributed by atoms with Gasteiger partial charge in [0.05, 0.1) is 5.92 Å². The first kappa shape index (κ1) is 4.62. The van der Waals surface area contributed by atoms with Gasteiger partial charge in [-0.3, -0.25) is 4.79 Å². The summed E-state index contributed by atoms with van der Waals surface area (Å²) in [4.78, 5) is 12.2. The number of likely N-dealkylation sites (tertiary alicyclic amines) is 1. The average Bonchev–Trinajstić information content (AvgIpc) is 1.68. The van der Waals surface area contributed by atoms with Crippen molar-refractivity contribution >= 4 is 5.91 Å². The second kappa shape index (κ2) is 1.22. The molecule has 1 aliphatic rings. The highest BCUT2D eigenvalue weighted by molar-refractivity contribution is 5.83. The number of nitrogens with zero attached hydrogens (tertiary/aromatic N) is 1. The maximum Gasteiger partial charge on any atom is 0.226 e. The second-order valence-electron chi connectivity index (χ2n) is 2.12. The summed E-state index contributed by atoms with van der Waals surface area (Å²) in [6.45, 7) is 2.89. The molecule has 1 heterocycles. The number of β-lactam (4-membered cyclic amide) rings is 1. The van der Waals surface area contributed by atoms with Crippen molar-refractivity contribution in [2.24, 2.45) is 5.92 Å². The molecular formula is C5H9NO. The smallest absolute Gasteiger partial charge is 0.226 e. The summed E-state index contributed by atoms with van der Waals surface area (Å²) >= 11 is 0. The summed E-state index contributed by atoms with van der Waals surface area (Å²) in [5.74, 6) is 0.574. The summed E-state index contributed by atoms with van der Waals surface area (Å²) in [6, 6.07) is 0. The predicted molar refractivity (Wildman–Crippen MR) is 26.8 cm³/mol. The van der Waals surface area contributed by atoms with Crippen molar-refractivity contribution in [2.75, 3.05) is 13.6 Å². The quantitative estimate of drug-likeness (QED) is 0.394. The topological polar surface area (TPSA) is 20.3 Å². The van der Waals surface area contributed by atoms with Crippen LogP contribution in [0.25, 0.3) is 0 Å². The van der Waals surface area contributed by atoms with Crippen LogP contribution in [-0.4, -0.2) is 24.4 Å². The van der Waals surface area contributed by atoms with E-state index in [4.69, 9.17) is 0 Å². The first-order chi connectivity index (χ1) is 3.22. The summed E-state index contributed by atoms with van der Waals surface area (Å²) < 4.78 is 0. The predicted octanol–water partition coefficient (Wildman–Crippen LogP) is 0.0945. The third-order valence-corrected chi connectivity index (χ3v) is 1.35. The van der Waals surface area contributed by atoms with E-state index in [2.05, 4.69) is 0 Å². The third kappa shape index (κ3) is 0.501. The Kier molecular flexibility index (Phi) is 0.805. The largest absolute Gasteiger partial charge is 0.345 e. The Morgan fingerprint density at radius 2 is 2.43 bits per heavy atom. The Morgan fingerprint density at radius 1 is 1.86 bits per heavy atom. The molecular weight excluding hydrogens is 90.1 g/mol. The number of rotatable bonds is 0. The molecule has 0 saturated carbocycles. The van der Waals surface area contributed by atoms with Crippen molar-refractivity contribution in [2.45, 2.75) is 6.92 Å². The second-order valence-corrected chi connectivity index (χ2v) is 2.12. The molecule has 0 aromatic heterocycles. The highest BCUT2D eigenvalue weighted by Crippen LogP contribution is 2.12. The zero-order chi connectivity index (χ0) is 5.44. The Balaban J connectivity index is 2.44. The fourth-order valence-electron chi connectivity index (χ4n) is 0.843. The first-order valence-corrected chi connectivity index (χ1v) is 2.47. The lowest BCUT2D eigenvalue weighted by molar-refractivity contribution is -0.144. The van der Waals surface area contributed by atoms with Gasteiger partial charge in [0.2, 0.25) is 5.91 Å². The molecule has 0 aliphatic carbocycles. The molecule has 1 aliphatic heterocycles. The van der Waals surface area contributed by atoms with Crippen molar-refractivity contribution in [1.82, 2.24) is 4.90 Å². The molecule has 1 atom stereocenters. The zero-order valence-corrected chi connectivity index (χ0v) is 4.64. The molecule has 1 amide bonds. The van der Waals surface area contributed by atoms with Crippen LogP contribution < -0.4 is 0 Å². The summed E-state index contributed by atoms with van der Waals surface area (Å²) in [5, 5.41) is 0. The van der Waals surface area contributed by atoms with Gasteiger partial charge in [-0.15, -0.1) is 0 Å². The molecule has 1 saturated heterocycles. The molecule has 0 spiro atoms. The van der Waals surface area contributed by atoms with E-state index in [1.165, 1.54) is 0 Å². The highest BCUT2D eigenvalue weighted by atomic mass is 16.2. The van der Waals surface area contributed by atoms with E-state index in [1.54, 1.807) is 4.90 Å². The lowest BCUT2D eigenvalue weighted by Gasteiger charge is -2.32. The Labute approximate surface area is 43.1 Å². The van der Waals surface area contributed by atoms with Crippen molar-refractivity contribution in [3.63, 3.8) is 0 Å². The van der Waals surface area contributed by atoms with E-state index in [-0.39, 0.29) is 5.91 Å². The van der Waals surface area contributed by atoms with Gasteiger partial charge in [0.1, 0.15) is 0 Å². The van der Waals surface area contributed by atoms with Crippen LogP contribution >= 0.6 is 0 Å². The van der Waals surface area contributed by atoms with Crippen molar-refractivity contribution in [1.29, 1.82) is 0 Å². The maximum atomic E-state index is 10.5. The van der Waals surface area contributed by atoms with Crippen LogP contribution in [0.3, 0.4) is 0 Å². The fourth-order valence-corrected chi connectivity index (χ4v) is 0.843. The minimum Gasteiger partial charge on any atom is -0.345 e. The standard InChI is InChI=1S/C5H9NO/c1-4-3-6(2)5(4)7/h4H,3H2,1-2H3/t4-/m0/s1. The molecule has 0 radical (unpaired) electrons. The van der Waals surface area contributed by atoms with Gasteiger partial charge in [0.15, 0.2) is 0 Å². The number of hydrogen-bond donors (Lipinski definition) is 0. The van der Waals surface area contributed by atoms with Crippen molar-refractivity contribution in [3.05, 3.63) is 0 Å². The fraction of sp³-hybridized carbons (Fsp3) is 0.800. The molecule has 40 valence electrons. The minimum atomic E-state index is 0.278. The Bertz CT molecular complexity index is 90.3. The van der Waals surface area contributed by atoms with Crippen LogP contribution in [0.4, 0.5) is 0 Å². The number of carbonyl (C=O) groups excluding carboxylic acids is 1.